The lowest BCUT2D eigenvalue weighted by atomic mass is 10.1. The van der Waals surface area contributed by atoms with E-state index in [0.717, 1.165) is 11.1 Å². The van der Waals surface area contributed by atoms with Gasteiger partial charge in [0.2, 0.25) is 0 Å². The first kappa shape index (κ1) is 19.6. The summed E-state index contributed by atoms with van der Waals surface area (Å²) < 4.78 is 5.70. The van der Waals surface area contributed by atoms with Gasteiger partial charge in [0.25, 0.3) is 5.91 Å². The van der Waals surface area contributed by atoms with Gasteiger partial charge >= 0.3 is 0 Å². The van der Waals surface area contributed by atoms with Crippen LogP contribution in [-0.4, -0.2) is 5.91 Å². The third-order valence-electron chi connectivity index (χ3n) is 3.95. The number of anilines is 1. The number of aryl methyl sites for hydroxylation is 1. The second kappa shape index (κ2) is 8.66. The van der Waals surface area contributed by atoms with Gasteiger partial charge in [0, 0.05) is 21.3 Å². The summed E-state index contributed by atoms with van der Waals surface area (Å²) in [7, 11) is 0. The van der Waals surface area contributed by atoms with Gasteiger partial charge in [-0.25, -0.2) is 0 Å². The number of nitrogens with one attached hydrogen (secondary N) is 1. The molecule has 1 amide bonds. The van der Waals surface area contributed by atoms with Crippen molar-refractivity contribution in [2.24, 2.45) is 0 Å². The molecule has 138 valence electrons. The highest BCUT2D eigenvalue weighted by atomic mass is 35.5. The summed E-state index contributed by atoms with van der Waals surface area (Å²) in [6.07, 6.45) is 0. The average molecular weight is 421 g/mol. The maximum Gasteiger partial charge on any atom is 0.255 e. The summed E-state index contributed by atoms with van der Waals surface area (Å²) in [5.41, 5.74) is 3.09. The Balaban J connectivity index is 1.64. The Morgan fingerprint density at radius 3 is 2.30 bits per heavy atom. The summed E-state index contributed by atoms with van der Waals surface area (Å²) in [5.74, 6) is 0.355. The van der Waals surface area contributed by atoms with Crippen molar-refractivity contribution in [3.63, 3.8) is 0 Å². The molecule has 0 aromatic heterocycles. The molecule has 3 aromatic rings. The van der Waals surface area contributed by atoms with Crippen molar-refractivity contribution >= 4 is 46.4 Å². The SMILES string of the molecule is Cc1ccc(Cl)cc1NC(=O)c1ccc(COc2ccc(Cl)cc2Cl)cc1. The Kier molecular flexibility index (Phi) is 6.27. The molecule has 0 unspecified atom stereocenters. The fraction of sp³-hybridized carbons (Fsp3) is 0.0952. The molecule has 0 aliphatic heterocycles. The van der Waals surface area contributed by atoms with Crippen LogP contribution in [0.15, 0.2) is 60.7 Å². The fourth-order valence-electron chi connectivity index (χ4n) is 2.43. The third kappa shape index (κ3) is 5.16. The maximum atomic E-state index is 12.4. The largest absolute Gasteiger partial charge is 0.487 e. The van der Waals surface area contributed by atoms with Crippen LogP contribution in [-0.2, 0) is 6.61 Å². The lowest BCUT2D eigenvalue weighted by Gasteiger charge is -2.10. The van der Waals surface area contributed by atoms with Crippen molar-refractivity contribution < 1.29 is 9.53 Å². The molecule has 0 atom stereocenters. The normalized spacial score (nSPS) is 10.5. The quantitative estimate of drug-likeness (QED) is 0.493. The number of ether oxygens (including phenoxy) is 1. The molecule has 0 spiro atoms. The molecule has 0 aliphatic carbocycles. The van der Waals surface area contributed by atoms with Crippen LogP contribution >= 0.6 is 34.8 Å². The van der Waals surface area contributed by atoms with Gasteiger partial charge in [0.15, 0.2) is 0 Å². The summed E-state index contributed by atoms with van der Waals surface area (Å²) in [5, 5.41) is 4.45. The van der Waals surface area contributed by atoms with Gasteiger partial charge < -0.3 is 10.1 Å². The fourth-order valence-corrected chi connectivity index (χ4v) is 3.06. The smallest absolute Gasteiger partial charge is 0.255 e. The van der Waals surface area contributed by atoms with Crippen LogP contribution in [0.2, 0.25) is 15.1 Å². The predicted molar refractivity (Wildman–Crippen MR) is 111 cm³/mol. The Morgan fingerprint density at radius 1 is 0.926 bits per heavy atom. The minimum Gasteiger partial charge on any atom is -0.487 e. The molecule has 0 saturated heterocycles. The lowest BCUT2D eigenvalue weighted by Crippen LogP contribution is -2.12. The minimum atomic E-state index is -0.200. The van der Waals surface area contributed by atoms with Crippen LogP contribution < -0.4 is 10.1 Å². The number of hydrogen-bond donors (Lipinski definition) is 1. The van der Waals surface area contributed by atoms with E-state index in [1.807, 2.05) is 25.1 Å². The summed E-state index contributed by atoms with van der Waals surface area (Å²) in [6.45, 7) is 2.24. The van der Waals surface area contributed by atoms with Gasteiger partial charge in [0.05, 0.1) is 5.02 Å². The van der Waals surface area contributed by atoms with Crippen LogP contribution in [0.5, 0.6) is 5.75 Å². The van der Waals surface area contributed by atoms with Crippen molar-refractivity contribution in [3.8, 4) is 5.75 Å². The number of carbonyl (C=O) groups is 1. The molecule has 3 aromatic carbocycles. The van der Waals surface area contributed by atoms with Gasteiger partial charge in [0.1, 0.15) is 12.4 Å². The summed E-state index contributed by atoms with van der Waals surface area (Å²) in [4.78, 5) is 12.4. The lowest BCUT2D eigenvalue weighted by molar-refractivity contribution is 0.102. The second-order valence-corrected chi connectivity index (χ2v) is 7.25. The van der Waals surface area contributed by atoms with Gasteiger partial charge in [-0.2, -0.15) is 0 Å². The number of carbonyl (C=O) groups excluding carboxylic acids is 1. The number of amides is 1. The molecule has 1 N–H and O–H groups in total. The van der Waals surface area contributed by atoms with Crippen molar-refractivity contribution in [1.29, 1.82) is 0 Å². The molecule has 6 heteroatoms. The van der Waals surface area contributed by atoms with E-state index < -0.39 is 0 Å². The van der Waals surface area contributed by atoms with Crippen LogP contribution in [0.25, 0.3) is 0 Å². The highest BCUT2D eigenvalue weighted by Gasteiger charge is 2.09. The number of benzene rings is 3. The average Bonchev–Trinajstić information content (AvgIpc) is 2.64. The molecule has 0 bridgehead atoms. The van der Waals surface area contributed by atoms with Crippen LogP contribution in [0.1, 0.15) is 21.5 Å². The highest BCUT2D eigenvalue weighted by molar-refractivity contribution is 6.35. The Hall–Kier alpha value is -2.20. The molecule has 3 nitrogen and oxygen atoms in total. The van der Waals surface area contributed by atoms with E-state index in [1.165, 1.54) is 0 Å². The van der Waals surface area contributed by atoms with E-state index in [1.54, 1.807) is 42.5 Å². The Morgan fingerprint density at radius 2 is 1.59 bits per heavy atom. The molecule has 0 aliphatic rings. The first-order valence-electron chi connectivity index (χ1n) is 8.16. The molecule has 0 radical (unpaired) electrons. The zero-order chi connectivity index (χ0) is 19.4. The first-order valence-corrected chi connectivity index (χ1v) is 9.30. The van der Waals surface area contributed by atoms with Crippen molar-refractivity contribution in [1.82, 2.24) is 0 Å². The summed E-state index contributed by atoms with van der Waals surface area (Å²) >= 11 is 18.0. The van der Waals surface area contributed by atoms with Crippen LogP contribution in [0, 0.1) is 6.92 Å². The Labute approximate surface area is 172 Å². The van der Waals surface area contributed by atoms with Crippen molar-refractivity contribution in [2.75, 3.05) is 5.32 Å². The van der Waals surface area contributed by atoms with Crippen LogP contribution in [0.4, 0.5) is 5.69 Å². The Bertz CT molecular complexity index is 972. The van der Waals surface area contributed by atoms with Gasteiger partial charge in [-0.15, -0.1) is 0 Å². The maximum absolute atomic E-state index is 12.4. The minimum absolute atomic E-state index is 0.200. The zero-order valence-corrected chi connectivity index (χ0v) is 16.7. The molecule has 0 saturated carbocycles. The van der Waals surface area contributed by atoms with Crippen molar-refractivity contribution in [2.45, 2.75) is 13.5 Å². The predicted octanol–water partition coefficient (Wildman–Crippen LogP) is 6.79. The van der Waals surface area contributed by atoms with Gasteiger partial charge in [-0.1, -0.05) is 53.0 Å². The molecule has 27 heavy (non-hydrogen) atoms. The highest BCUT2D eigenvalue weighted by Crippen LogP contribution is 2.28. The summed E-state index contributed by atoms with van der Waals surface area (Å²) in [6, 6.07) is 17.6. The molecule has 0 heterocycles. The number of hydrogen-bond acceptors (Lipinski definition) is 2. The van der Waals surface area contributed by atoms with E-state index in [0.29, 0.717) is 38.7 Å². The van der Waals surface area contributed by atoms with E-state index in [-0.39, 0.29) is 5.91 Å². The van der Waals surface area contributed by atoms with E-state index in [2.05, 4.69) is 5.32 Å². The van der Waals surface area contributed by atoms with Gasteiger partial charge in [-0.3, -0.25) is 4.79 Å². The molecular formula is C21H16Cl3NO2. The molecular weight excluding hydrogens is 405 g/mol. The molecule has 3 rings (SSSR count). The number of halogens is 3. The number of rotatable bonds is 5. The van der Waals surface area contributed by atoms with E-state index >= 15 is 0 Å². The zero-order valence-electron chi connectivity index (χ0n) is 14.4. The third-order valence-corrected chi connectivity index (χ3v) is 4.72. The van der Waals surface area contributed by atoms with E-state index in [9.17, 15) is 4.79 Å². The van der Waals surface area contributed by atoms with Gasteiger partial charge in [-0.05, 0) is 60.5 Å². The molecule has 0 fully saturated rings. The van der Waals surface area contributed by atoms with E-state index in [4.69, 9.17) is 39.5 Å². The standard InChI is InChI=1S/C21H16Cl3NO2/c1-13-2-7-17(23)11-19(13)25-21(26)15-5-3-14(4-6-15)12-27-20-9-8-16(22)10-18(20)24/h2-11H,12H2,1H3,(H,25,26). The van der Waals surface area contributed by atoms with Crippen molar-refractivity contribution in [3.05, 3.63) is 92.4 Å². The van der Waals surface area contributed by atoms with Crippen LogP contribution in [0.3, 0.4) is 0 Å². The topological polar surface area (TPSA) is 38.3 Å². The monoisotopic (exact) mass is 419 g/mol. The first-order chi connectivity index (χ1) is 12.9. The second-order valence-electron chi connectivity index (χ2n) is 5.97.